The summed E-state index contributed by atoms with van der Waals surface area (Å²) in [5.74, 6) is -0.248. The Labute approximate surface area is 145 Å². The fraction of sp³-hybridized carbons (Fsp3) is 0.895. The third-order valence-corrected chi connectivity index (χ3v) is 7.07. The standard InChI is InChI=1S/C19H32N2O3/c1-18(2)15-8-9-19(18,3)17(24)21(16(15)23)13-14(22)12-20-10-6-4-5-7-11-20/h14-15,22H,4-13H2,1-3H3/t14-,15+,19+/m1/s1. The summed E-state index contributed by atoms with van der Waals surface area (Å²) in [7, 11) is 0. The Kier molecular flexibility index (Phi) is 4.77. The number of β-amino-alcohol motifs (C(OH)–C–C–N with tert-alkyl or cyclic N) is 1. The number of carbonyl (C=O) groups excluding carboxylic acids is 2. The molecule has 136 valence electrons. The fourth-order valence-corrected chi connectivity index (χ4v) is 4.96. The van der Waals surface area contributed by atoms with Crippen LogP contribution in [0.15, 0.2) is 0 Å². The second-order valence-electron chi connectivity index (χ2n) is 8.77. The Morgan fingerprint density at radius 3 is 2.33 bits per heavy atom. The number of rotatable bonds is 4. The fourth-order valence-electron chi connectivity index (χ4n) is 4.96. The van der Waals surface area contributed by atoms with Crippen molar-refractivity contribution in [1.82, 2.24) is 9.80 Å². The normalized spacial score (nSPS) is 35.2. The number of aliphatic hydroxyl groups is 1. The van der Waals surface area contributed by atoms with Crippen LogP contribution in [0.25, 0.3) is 0 Å². The van der Waals surface area contributed by atoms with Crippen molar-refractivity contribution in [3.63, 3.8) is 0 Å². The first-order valence-corrected chi connectivity index (χ1v) is 9.53. The summed E-state index contributed by atoms with van der Waals surface area (Å²) in [6.45, 7) is 8.81. The van der Waals surface area contributed by atoms with Crippen LogP contribution in [0.1, 0.15) is 59.3 Å². The molecule has 3 rings (SSSR count). The molecule has 1 saturated carbocycles. The first-order chi connectivity index (χ1) is 11.3. The van der Waals surface area contributed by atoms with Crippen LogP contribution in [0.4, 0.5) is 0 Å². The summed E-state index contributed by atoms with van der Waals surface area (Å²) in [6.07, 6.45) is 5.75. The van der Waals surface area contributed by atoms with E-state index >= 15 is 0 Å². The SMILES string of the molecule is CC1(C)[C@H]2CC[C@@]1(C)C(=O)N(C[C@H](O)CN1CCCCCC1)C2=O. The van der Waals surface area contributed by atoms with Crippen LogP contribution in [0.3, 0.4) is 0 Å². The predicted molar refractivity (Wildman–Crippen MR) is 92.2 cm³/mol. The smallest absolute Gasteiger partial charge is 0.235 e. The Morgan fingerprint density at radius 2 is 1.71 bits per heavy atom. The van der Waals surface area contributed by atoms with E-state index in [2.05, 4.69) is 4.90 Å². The van der Waals surface area contributed by atoms with E-state index in [4.69, 9.17) is 0 Å². The number of nitrogens with zero attached hydrogens (tertiary/aromatic N) is 2. The van der Waals surface area contributed by atoms with Crippen LogP contribution < -0.4 is 0 Å². The second-order valence-corrected chi connectivity index (χ2v) is 8.77. The zero-order valence-electron chi connectivity index (χ0n) is 15.4. The molecule has 3 aliphatic rings. The van der Waals surface area contributed by atoms with Crippen LogP contribution in [0.5, 0.6) is 0 Å². The number of hydrogen-bond donors (Lipinski definition) is 1. The molecule has 5 nitrogen and oxygen atoms in total. The zero-order valence-corrected chi connectivity index (χ0v) is 15.4. The van der Waals surface area contributed by atoms with Gasteiger partial charge in [-0.15, -0.1) is 0 Å². The summed E-state index contributed by atoms with van der Waals surface area (Å²) in [6, 6.07) is 0. The zero-order chi connectivity index (χ0) is 17.5. The van der Waals surface area contributed by atoms with Crippen LogP contribution in [-0.4, -0.2) is 59.0 Å². The lowest BCUT2D eigenvalue weighted by Crippen LogP contribution is -2.60. The summed E-state index contributed by atoms with van der Waals surface area (Å²) >= 11 is 0. The molecule has 2 heterocycles. The van der Waals surface area contributed by atoms with Gasteiger partial charge in [-0.05, 0) is 44.2 Å². The molecule has 24 heavy (non-hydrogen) atoms. The highest BCUT2D eigenvalue weighted by Gasteiger charge is 2.64. The molecule has 2 saturated heterocycles. The molecular formula is C19H32N2O3. The van der Waals surface area contributed by atoms with Gasteiger partial charge < -0.3 is 10.0 Å². The third kappa shape index (κ3) is 2.80. The first kappa shape index (κ1) is 17.9. The van der Waals surface area contributed by atoms with E-state index < -0.39 is 11.5 Å². The van der Waals surface area contributed by atoms with E-state index in [9.17, 15) is 14.7 Å². The van der Waals surface area contributed by atoms with Crippen molar-refractivity contribution in [2.75, 3.05) is 26.2 Å². The monoisotopic (exact) mass is 336 g/mol. The van der Waals surface area contributed by atoms with Gasteiger partial charge in [0.2, 0.25) is 11.8 Å². The molecule has 2 aliphatic heterocycles. The number of imide groups is 1. The van der Waals surface area contributed by atoms with Crippen LogP contribution >= 0.6 is 0 Å². The Balaban J connectivity index is 1.66. The molecule has 2 bridgehead atoms. The van der Waals surface area contributed by atoms with Crippen LogP contribution in [0.2, 0.25) is 0 Å². The quantitative estimate of drug-likeness (QED) is 0.798. The van der Waals surface area contributed by atoms with Gasteiger partial charge in [0, 0.05) is 12.5 Å². The van der Waals surface area contributed by atoms with Gasteiger partial charge in [-0.3, -0.25) is 14.5 Å². The number of aliphatic hydroxyl groups excluding tert-OH is 1. The average molecular weight is 336 g/mol. The Bertz CT molecular complexity index is 511. The Hall–Kier alpha value is -0.940. The summed E-state index contributed by atoms with van der Waals surface area (Å²) in [4.78, 5) is 29.4. The molecule has 0 aromatic rings. The van der Waals surface area contributed by atoms with Crippen molar-refractivity contribution in [3.8, 4) is 0 Å². The molecule has 0 radical (unpaired) electrons. The lowest BCUT2D eigenvalue weighted by molar-refractivity contribution is -0.169. The Morgan fingerprint density at radius 1 is 1.08 bits per heavy atom. The van der Waals surface area contributed by atoms with Gasteiger partial charge >= 0.3 is 0 Å². The molecule has 0 unspecified atom stereocenters. The summed E-state index contributed by atoms with van der Waals surface area (Å²) in [5.41, 5.74) is -0.763. The topological polar surface area (TPSA) is 60.9 Å². The summed E-state index contributed by atoms with van der Waals surface area (Å²) in [5, 5.41) is 10.5. The predicted octanol–water partition coefficient (Wildman–Crippen LogP) is 2.03. The van der Waals surface area contributed by atoms with Gasteiger partial charge in [0.15, 0.2) is 0 Å². The lowest BCUT2D eigenvalue weighted by atomic mass is 9.62. The van der Waals surface area contributed by atoms with E-state index in [1.165, 1.54) is 30.6 Å². The molecule has 1 N–H and O–H groups in total. The van der Waals surface area contributed by atoms with Crippen molar-refractivity contribution in [1.29, 1.82) is 0 Å². The van der Waals surface area contributed by atoms with Gasteiger partial charge in [0.05, 0.1) is 18.1 Å². The van der Waals surface area contributed by atoms with Crippen LogP contribution in [-0.2, 0) is 9.59 Å². The molecule has 3 fully saturated rings. The lowest BCUT2D eigenvalue weighted by Gasteiger charge is -2.48. The minimum atomic E-state index is -0.653. The molecule has 0 aromatic carbocycles. The minimum absolute atomic E-state index is 0.0742. The van der Waals surface area contributed by atoms with Crippen molar-refractivity contribution in [2.45, 2.75) is 65.4 Å². The highest BCUT2D eigenvalue weighted by Crippen LogP contribution is 2.60. The van der Waals surface area contributed by atoms with Crippen molar-refractivity contribution < 1.29 is 14.7 Å². The summed E-state index contributed by atoms with van der Waals surface area (Å²) < 4.78 is 0. The number of likely N-dealkylation sites (tertiary alicyclic amines) is 2. The maximum Gasteiger partial charge on any atom is 0.235 e. The van der Waals surface area contributed by atoms with E-state index in [1.54, 1.807) is 0 Å². The molecule has 3 atom stereocenters. The van der Waals surface area contributed by atoms with Gasteiger partial charge in [-0.25, -0.2) is 0 Å². The van der Waals surface area contributed by atoms with Crippen LogP contribution in [0, 0.1) is 16.7 Å². The average Bonchev–Trinajstić information content (AvgIpc) is 2.70. The van der Waals surface area contributed by atoms with Gasteiger partial charge in [-0.1, -0.05) is 33.6 Å². The molecular weight excluding hydrogens is 304 g/mol. The number of hydrogen-bond acceptors (Lipinski definition) is 4. The van der Waals surface area contributed by atoms with Gasteiger partial charge in [0.1, 0.15) is 0 Å². The molecule has 1 aliphatic carbocycles. The largest absolute Gasteiger partial charge is 0.390 e. The van der Waals surface area contributed by atoms with Gasteiger partial charge in [-0.2, -0.15) is 0 Å². The minimum Gasteiger partial charge on any atom is -0.390 e. The maximum absolute atomic E-state index is 13.0. The highest BCUT2D eigenvalue weighted by atomic mass is 16.3. The molecule has 5 heteroatoms. The van der Waals surface area contributed by atoms with Crippen molar-refractivity contribution in [2.24, 2.45) is 16.7 Å². The third-order valence-electron chi connectivity index (χ3n) is 7.07. The number of carbonyl (C=O) groups is 2. The number of piperidine rings is 1. The van der Waals surface area contributed by atoms with Crippen molar-refractivity contribution in [3.05, 3.63) is 0 Å². The van der Waals surface area contributed by atoms with E-state index in [0.717, 1.165) is 25.9 Å². The highest BCUT2D eigenvalue weighted by molar-refractivity contribution is 6.03. The molecule has 0 spiro atoms. The number of amides is 2. The second kappa shape index (κ2) is 6.41. The molecule has 2 amide bonds. The molecule has 0 aromatic heterocycles. The van der Waals surface area contributed by atoms with Gasteiger partial charge in [0.25, 0.3) is 0 Å². The van der Waals surface area contributed by atoms with Crippen molar-refractivity contribution >= 4 is 11.8 Å². The maximum atomic E-state index is 13.0. The van der Waals surface area contributed by atoms with E-state index in [1.807, 2.05) is 20.8 Å². The van der Waals surface area contributed by atoms with E-state index in [-0.39, 0.29) is 29.7 Å². The number of fused-ring (bicyclic) bond motifs is 2. The van der Waals surface area contributed by atoms with E-state index in [0.29, 0.717) is 6.54 Å². The first-order valence-electron chi connectivity index (χ1n) is 9.53.